The Morgan fingerprint density at radius 2 is 1.77 bits per heavy atom. The summed E-state index contributed by atoms with van der Waals surface area (Å²) < 4.78 is 6.46. The normalized spacial score (nSPS) is 11.9. The number of hydrogen-bond acceptors (Lipinski definition) is 3. The molecule has 0 saturated carbocycles. The first-order chi connectivity index (χ1) is 10.6. The fourth-order valence-corrected chi connectivity index (χ4v) is 4.47. The van der Waals surface area contributed by atoms with Crippen molar-refractivity contribution < 1.29 is 14.3 Å². The first kappa shape index (κ1) is 18.9. The Balaban J connectivity index is 2.38. The standard InChI is InChI=1S/C18H26O3Se/c1-3-21-18(20)17(22-16-12-8-6-9-13-16)14-10-5-4-7-11-15(2)19/h6,8-9,12-13,17H,3-5,7,10-11,14H2,1-2H3. The number of hydrogen-bond donors (Lipinski definition) is 0. The van der Waals surface area contributed by atoms with Crippen LogP contribution in [0.2, 0.25) is 4.82 Å². The summed E-state index contributed by atoms with van der Waals surface area (Å²) >= 11 is 0.118. The summed E-state index contributed by atoms with van der Waals surface area (Å²) in [6.07, 6.45) is 5.68. The van der Waals surface area contributed by atoms with Crippen molar-refractivity contribution in [1.29, 1.82) is 0 Å². The molecular weight excluding hydrogens is 343 g/mol. The van der Waals surface area contributed by atoms with E-state index in [1.54, 1.807) is 6.92 Å². The first-order valence-electron chi connectivity index (χ1n) is 8.01. The van der Waals surface area contributed by atoms with Gasteiger partial charge in [0.2, 0.25) is 0 Å². The maximum absolute atomic E-state index is 12.1. The Hall–Kier alpha value is -1.12. The Labute approximate surface area is 140 Å². The molecular formula is C18H26O3Se. The zero-order valence-corrected chi connectivity index (χ0v) is 15.3. The Bertz CT molecular complexity index is 445. The van der Waals surface area contributed by atoms with Gasteiger partial charge in [-0.1, -0.05) is 0 Å². The number of benzene rings is 1. The van der Waals surface area contributed by atoms with Gasteiger partial charge in [-0.25, -0.2) is 0 Å². The number of ketones is 1. The zero-order chi connectivity index (χ0) is 16.2. The number of carbonyl (C=O) groups excluding carboxylic acids is 2. The molecule has 0 aliphatic rings. The van der Waals surface area contributed by atoms with Crippen molar-refractivity contribution in [3.8, 4) is 0 Å². The third kappa shape index (κ3) is 8.35. The predicted octanol–water partition coefficient (Wildman–Crippen LogP) is 3.30. The van der Waals surface area contributed by atoms with Gasteiger partial charge in [-0.15, -0.1) is 0 Å². The molecule has 1 rings (SSSR count). The summed E-state index contributed by atoms with van der Waals surface area (Å²) in [7, 11) is 0. The maximum atomic E-state index is 12.1. The molecule has 3 nitrogen and oxygen atoms in total. The van der Waals surface area contributed by atoms with Gasteiger partial charge in [0.1, 0.15) is 0 Å². The SMILES string of the molecule is CCOC(=O)C(CCCCCCC(C)=O)[Se]c1ccccc1. The second kappa shape index (κ2) is 11.4. The van der Waals surface area contributed by atoms with Crippen molar-refractivity contribution in [2.45, 2.75) is 57.2 Å². The summed E-state index contributed by atoms with van der Waals surface area (Å²) in [5, 5.41) is 0. The van der Waals surface area contributed by atoms with Crippen molar-refractivity contribution in [1.82, 2.24) is 0 Å². The van der Waals surface area contributed by atoms with Gasteiger partial charge in [-0.2, -0.15) is 0 Å². The minimum absolute atomic E-state index is 0.00246. The monoisotopic (exact) mass is 370 g/mol. The van der Waals surface area contributed by atoms with Gasteiger partial charge in [0.15, 0.2) is 0 Å². The van der Waals surface area contributed by atoms with Crippen LogP contribution in [0.3, 0.4) is 0 Å². The van der Waals surface area contributed by atoms with Gasteiger partial charge in [0, 0.05) is 0 Å². The van der Waals surface area contributed by atoms with Crippen LogP contribution in [-0.4, -0.2) is 33.3 Å². The molecule has 0 aromatic heterocycles. The second-order valence-corrected chi connectivity index (χ2v) is 8.00. The van der Waals surface area contributed by atoms with Crippen LogP contribution in [0.4, 0.5) is 0 Å². The molecule has 22 heavy (non-hydrogen) atoms. The van der Waals surface area contributed by atoms with Crippen LogP contribution >= 0.6 is 0 Å². The molecule has 0 amide bonds. The average molecular weight is 369 g/mol. The summed E-state index contributed by atoms with van der Waals surface area (Å²) in [6.45, 7) is 3.93. The van der Waals surface area contributed by atoms with Crippen molar-refractivity contribution in [3.63, 3.8) is 0 Å². The minimum atomic E-state index is -0.0601. The van der Waals surface area contributed by atoms with E-state index in [4.69, 9.17) is 4.74 Å². The summed E-state index contributed by atoms with van der Waals surface area (Å²) in [4.78, 5) is 23.0. The van der Waals surface area contributed by atoms with Gasteiger partial charge in [-0.3, -0.25) is 0 Å². The van der Waals surface area contributed by atoms with Gasteiger partial charge >= 0.3 is 140 Å². The van der Waals surface area contributed by atoms with Crippen LogP contribution in [0.1, 0.15) is 52.4 Å². The van der Waals surface area contributed by atoms with Crippen LogP contribution in [-0.2, 0) is 14.3 Å². The molecule has 0 aliphatic carbocycles. The van der Waals surface area contributed by atoms with E-state index in [1.807, 2.05) is 25.1 Å². The third-order valence-electron chi connectivity index (χ3n) is 3.32. The van der Waals surface area contributed by atoms with Crippen molar-refractivity contribution in [3.05, 3.63) is 30.3 Å². The number of Topliss-reactive ketones (excluding diaryl/α,β-unsaturated/α-hetero) is 1. The van der Waals surface area contributed by atoms with E-state index in [0.29, 0.717) is 13.0 Å². The number of ether oxygens (including phenoxy) is 1. The van der Waals surface area contributed by atoms with Crippen LogP contribution < -0.4 is 4.46 Å². The average Bonchev–Trinajstić information content (AvgIpc) is 2.50. The number of esters is 1. The van der Waals surface area contributed by atoms with Crippen molar-refractivity contribution >= 4 is 31.2 Å². The fourth-order valence-electron chi connectivity index (χ4n) is 2.18. The molecule has 0 saturated heterocycles. The summed E-state index contributed by atoms with van der Waals surface area (Å²) in [6, 6.07) is 10.2. The summed E-state index contributed by atoms with van der Waals surface area (Å²) in [5.41, 5.74) is 0. The molecule has 0 aliphatic heterocycles. The molecule has 0 spiro atoms. The Morgan fingerprint density at radius 3 is 2.41 bits per heavy atom. The van der Waals surface area contributed by atoms with Gasteiger partial charge < -0.3 is 0 Å². The van der Waals surface area contributed by atoms with Gasteiger partial charge in [0.25, 0.3) is 0 Å². The van der Waals surface area contributed by atoms with E-state index in [2.05, 4.69) is 12.1 Å². The van der Waals surface area contributed by atoms with Crippen LogP contribution in [0.15, 0.2) is 30.3 Å². The van der Waals surface area contributed by atoms with E-state index in [1.165, 1.54) is 4.46 Å². The molecule has 0 fully saturated rings. The molecule has 0 N–H and O–H groups in total. The van der Waals surface area contributed by atoms with E-state index in [0.717, 1.165) is 32.1 Å². The van der Waals surface area contributed by atoms with E-state index in [-0.39, 0.29) is 31.5 Å². The third-order valence-corrected chi connectivity index (χ3v) is 5.95. The molecule has 1 unspecified atom stereocenters. The van der Waals surface area contributed by atoms with Crippen molar-refractivity contribution in [2.24, 2.45) is 0 Å². The molecule has 0 heterocycles. The number of unbranched alkanes of at least 4 members (excludes halogenated alkanes) is 3. The Kier molecular flexibility index (Phi) is 9.85. The second-order valence-electron chi connectivity index (χ2n) is 5.33. The summed E-state index contributed by atoms with van der Waals surface area (Å²) in [5.74, 6) is 0.201. The van der Waals surface area contributed by atoms with Gasteiger partial charge in [0.05, 0.1) is 0 Å². The predicted molar refractivity (Wildman–Crippen MR) is 90.6 cm³/mol. The number of rotatable bonds is 11. The molecule has 1 aromatic carbocycles. The van der Waals surface area contributed by atoms with Crippen LogP contribution in [0.25, 0.3) is 0 Å². The van der Waals surface area contributed by atoms with Crippen LogP contribution in [0.5, 0.6) is 0 Å². The van der Waals surface area contributed by atoms with Gasteiger partial charge in [-0.05, 0) is 0 Å². The van der Waals surface area contributed by atoms with Crippen molar-refractivity contribution in [2.75, 3.05) is 6.61 Å². The molecule has 0 bridgehead atoms. The molecule has 122 valence electrons. The fraction of sp³-hybridized carbons (Fsp3) is 0.556. The first-order valence-corrected chi connectivity index (χ1v) is 9.85. The van der Waals surface area contributed by atoms with E-state index >= 15 is 0 Å². The Morgan fingerprint density at radius 1 is 1.09 bits per heavy atom. The van der Waals surface area contributed by atoms with Crippen LogP contribution in [0, 0.1) is 0 Å². The zero-order valence-electron chi connectivity index (χ0n) is 13.5. The quantitative estimate of drug-likeness (QED) is 0.342. The topological polar surface area (TPSA) is 43.4 Å². The molecule has 0 radical (unpaired) electrons. The van der Waals surface area contributed by atoms with E-state index in [9.17, 15) is 9.59 Å². The molecule has 1 aromatic rings. The van der Waals surface area contributed by atoms with E-state index < -0.39 is 0 Å². The number of carbonyl (C=O) groups is 2. The molecule has 4 heteroatoms. The molecule has 1 atom stereocenters.